The first-order chi connectivity index (χ1) is 10.3. The van der Waals surface area contributed by atoms with Crippen LogP contribution in [0.15, 0.2) is 12.2 Å². The Labute approximate surface area is 137 Å². The molecule has 1 rings (SSSR count). The van der Waals surface area contributed by atoms with E-state index in [1.165, 1.54) is 51.4 Å². The standard InChI is InChI=1S/C7H11O.3C4H9.Sn/c1-2-4-6-8-7-5-3-1;3*1-3-4-2;/h1-2,7H,3-6H2;3*1,3-4H2,2H3;/b2-1-;;;;. The molecule has 124 valence electrons. The van der Waals surface area contributed by atoms with E-state index in [2.05, 4.69) is 32.9 Å². The van der Waals surface area contributed by atoms with Crippen LogP contribution in [-0.4, -0.2) is 29.1 Å². The van der Waals surface area contributed by atoms with Gasteiger partial charge in [0.05, 0.1) is 0 Å². The normalized spacial score (nSPS) is 21.8. The molecule has 0 bridgehead atoms. The zero-order valence-corrected chi connectivity index (χ0v) is 17.7. The van der Waals surface area contributed by atoms with E-state index in [0.29, 0.717) is 4.12 Å². The van der Waals surface area contributed by atoms with E-state index in [1.54, 1.807) is 13.3 Å². The molecule has 0 fully saturated rings. The number of unbranched alkanes of at least 4 members (excludes halogenated alkanes) is 3. The molecule has 1 atom stereocenters. The van der Waals surface area contributed by atoms with Crippen molar-refractivity contribution in [2.24, 2.45) is 0 Å². The average molecular weight is 401 g/mol. The van der Waals surface area contributed by atoms with Gasteiger partial charge in [-0.25, -0.2) is 0 Å². The van der Waals surface area contributed by atoms with Gasteiger partial charge in [0, 0.05) is 0 Å². The Hall–Kier alpha value is 0.499. The van der Waals surface area contributed by atoms with Gasteiger partial charge in [-0.2, -0.15) is 0 Å². The van der Waals surface area contributed by atoms with Crippen LogP contribution >= 0.6 is 0 Å². The Morgan fingerprint density at radius 3 is 1.90 bits per heavy atom. The Kier molecular flexibility index (Phi) is 11.2. The van der Waals surface area contributed by atoms with Gasteiger partial charge in [-0.3, -0.25) is 0 Å². The molecule has 0 saturated heterocycles. The maximum absolute atomic E-state index is 6.48. The molecular weight excluding hydrogens is 363 g/mol. The average Bonchev–Trinajstić information content (AvgIpc) is 2.47. The zero-order chi connectivity index (χ0) is 15.4. The van der Waals surface area contributed by atoms with Gasteiger partial charge < -0.3 is 0 Å². The SMILES string of the molecule is CCC[CH2][Sn]([CH2]CCC)([CH2]CCC)[CH]1CC/C=C\CCO1. The van der Waals surface area contributed by atoms with Crippen molar-refractivity contribution in [3.8, 4) is 0 Å². The second-order valence-corrected chi connectivity index (χ2v) is 20.8. The minimum atomic E-state index is -2.15. The molecule has 0 N–H and O–H groups in total. The molecule has 0 aromatic carbocycles. The summed E-state index contributed by atoms with van der Waals surface area (Å²) in [6, 6.07) is 0. The molecule has 2 heteroatoms. The first kappa shape index (κ1) is 19.5. The van der Waals surface area contributed by atoms with Gasteiger partial charge in [0.15, 0.2) is 0 Å². The molecule has 1 aliphatic rings. The van der Waals surface area contributed by atoms with Gasteiger partial charge in [0.1, 0.15) is 0 Å². The van der Waals surface area contributed by atoms with E-state index in [9.17, 15) is 0 Å². The Morgan fingerprint density at radius 2 is 1.38 bits per heavy atom. The number of hydrogen-bond acceptors (Lipinski definition) is 1. The van der Waals surface area contributed by atoms with E-state index >= 15 is 0 Å². The minimum absolute atomic E-state index is 0.703. The van der Waals surface area contributed by atoms with Crippen LogP contribution in [0.25, 0.3) is 0 Å². The van der Waals surface area contributed by atoms with Crippen LogP contribution in [0.4, 0.5) is 0 Å². The summed E-state index contributed by atoms with van der Waals surface area (Å²) in [5.41, 5.74) is 0. The predicted molar refractivity (Wildman–Crippen MR) is 97.6 cm³/mol. The van der Waals surface area contributed by atoms with Crippen molar-refractivity contribution >= 4 is 18.4 Å². The van der Waals surface area contributed by atoms with Crippen LogP contribution in [0, 0.1) is 0 Å². The van der Waals surface area contributed by atoms with E-state index in [1.807, 2.05) is 0 Å². The maximum atomic E-state index is 6.48. The van der Waals surface area contributed by atoms with Crippen molar-refractivity contribution < 1.29 is 4.74 Å². The summed E-state index contributed by atoms with van der Waals surface area (Å²) in [6.07, 6.45) is 16.9. The molecule has 0 aromatic rings. The molecule has 0 amide bonds. The number of hydrogen-bond donors (Lipinski definition) is 0. The van der Waals surface area contributed by atoms with Crippen molar-refractivity contribution in [2.75, 3.05) is 6.61 Å². The van der Waals surface area contributed by atoms with E-state index in [4.69, 9.17) is 4.74 Å². The molecule has 0 aromatic heterocycles. The van der Waals surface area contributed by atoms with Crippen molar-refractivity contribution in [1.82, 2.24) is 0 Å². The molecule has 0 aliphatic carbocycles. The van der Waals surface area contributed by atoms with Crippen LogP contribution in [-0.2, 0) is 4.74 Å². The van der Waals surface area contributed by atoms with Gasteiger partial charge in [-0.15, -0.1) is 0 Å². The van der Waals surface area contributed by atoms with Gasteiger partial charge in [0.2, 0.25) is 0 Å². The fourth-order valence-corrected chi connectivity index (χ4v) is 21.3. The van der Waals surface area contributed by atoms with E-state index in [0.717, 1.165) is 13.0 Å². The summed E-state index contributed by atoms with van der Waals surface area (Å²) < 4.78 is 11.9. The van der Waals surface area contributed by atoms with Crippen molar-refractivity contribution in [3.63, 3.8) is 0 Å². The Morgan fingerprint density at radius 1 is 0.857 bits per heavy atom. The molecule has 1 nitrogen and oxygen atoms in total. The van der Waals surface area contributed by atoms with E-state index in [-0.39, 0.29) is 0 Å². The molecule has 0 radical (unpaired) electrons. The van der Waals surface area contributed by atoms with Crippen LogP contribution in [0.3, 0.4) is 0 Å². The van der Waals surface area contributed by atoms with Crippen molar-refractivity contribution in [1.29, 1.82) is 0 Å². The monoisotopic (exact) mass is 402 g/mol. The molecular formula is C19H38OSn. The first-order valence-electron chi connectivity index (χ1n) is 9.55. The third-order valence-electron chi connectivity index (χ3n) is 5.13. The summed E-state index contributed by atoms with van der Waals surface area (Å²) in [5.74, 6) is 0. The van der Waals surface area contributed by atoms with Gasteiger partial charge in [-0.1, -0.05) is 0 Å². The van der Waals surface area contributed by atoms with Gasteiger partial charge in [-0.05, 0) is 0 Å². The second kappa shape index (κ2) is 12.0. The predicted octanol–water partition coefficient (Wildman–Crippen LogP) is 6.50. The molecule has 0 spiro atoms. The molecule has 0 saturated carbocycles. The Balaban J connectivity index is 2.83. The molecule has 1 unspecified atom stereocenters. The summed E-state index contributed by atoms with van der Waals surface area (Å²) >= 11 is -2.15. The van der Waals surface area contributed by atoms with Crippen LogP contribution in [0.2, 0.25) is 13.3 Å². The zero-order valence-electron chi connectivity index (χ0n) is 14.8. The van der Waals surface area contributed by atoms with Gasteiger partial charge >= 0.3 is 138 Å². The van der Waals surface area contributed by atoms with Crippen molar-refractivity contribution in [2.45, 2.75) is 96.0 Å². The van der Waals surface area contributed by atoms with Crippen molar-refractivity contribution in [3.05, 3.63) is 12.2 Å². The quantitative estimate of drug-likeness (QED) is 0.300. The number of ether oxygens (including phenoxy) is 1. The number of allylic oxidation sites excluding steroid dienone is 1. The van der Waals surface area contributed by atoms with Crippen LogP contribution in [0.1, 0.15) is 78.6 Å². The van der Waals surface area contributed by atoms with Gasteiger partial charge in [0.25, 0.3) is 0 Å². The fourth-order valence-electron chi connectivity index (χ4n) is 3.77. The third-order valence-corrected chi connectivity index (χ3v) is 21.9. The number of rotatable bonds is 10. The van der Waals surface area contributed by atoms with E-state index < -0.39 is 18.4 Å². The molecule has 1 aliphatic heterocycles. The summed E-state index contributed by atoms with van der Waals surface area (Å²) in [7, 11) is 0. The van der Waals surface area contributed by atoms with Crippen LogP contribution in [0.5, 0.6) is 0 Å². The fraction of sp³-hybridized carbons (Fsp3) is 0.895. The topological polar surface area (TPSA) is 9.23 Å². The molecule has 21 heavy (non-hydrogen) atoms. The second-order valence-electron chi connectivity index (χ2n) is 6.87. The summed E-state index contributed by atoms with van der Waals surface area (Å²) in [6.45, 7) is 8.05. The summed E-state index contributed by atoms with van der Waals surface area (Å²) in [5, 5.41) is 0. The Bertz CT molecular complexity index is 253. The first-order valence-corrected chi connectivity index (χ1v) is 17.3. The summed E-state index contributed by atoms with van der Waals surface area (Å²) in [4.78, 5) is 0. The third kappa shape index (κ3) is 7.07. The van der Waals surface area contributed by atoms with Crippen LogP contribution < -0.4 is 0 Å². The molecule has 1 heterocycles.